The van der Waals surface area contributed by atoms with Crippen molar-refractivity contribution in [2.24, 2.45) is 0 Å². The van der Waals surface area contributed by atoms with Gasteiger partial charge in [0.15, 0.2) is 0 Å². The molecule has 0 nitrogen and oxygen atoms in total. The maximum atomic E-state index is 9.43. The second-order valence-electron chi connectivity index (χ2n) is 8.50. The molecule has 0 N–H and O–H groups in total. The van der Waals surface area contributed by atoms with Crippen molar-refractivity contribution in [2.45, 2.75) is 0 Å². The maximum Gasteiger partial charge on any atom is 0.0636 e. The van der Waals surface area contributed by atoms with Crippen LogP contribution in [0.1, 0.15) is 35.6 Å². The van der Waals surface area contributed by atoms with E-state index in [1.807, 2.05) is 0 Å². The van der Waals surface area contributed by atoms with Gasteiger partial charge in [-0.15, -0.1) is 0 Å². The third-order valence-corrected chi connectivity index (χ3v) is 6.38. The Hall–Kier alpha value is -5.20. The van der Waals surface area contributed by atoms with Gasteiger partial charge in [-0.1, -0.05) is 151 Å². The molecule has 8 aromatic rings. The summed E-state index contributed by atoms with van der Waals surface area (Å²) in [5.41, 5.74) is -4.79. The maximum absolute atomic E-state index is 9.43. The predicted octanol–water partition coefficient (Wildman–Crippen LogP) is 11.3. The van der Waals surface area contributed by atoms with Crippen LogP contribution in [0.15, 0.2) is 157 Å². The van der Waals surface area contributed by atoms with Crippen LogP contribution in [-0.2, 0) is 0 Å². The molecule has 0 amide bonds. The number of hydrogen-bond acceptors (Lipinski definition) is 0. The second-order valence-corrected chi connectivity index (χ2v) is 8.50. The summed E-state index contributed by atoms with van der Waals surface area (Å²) in [5, 5.41) is -5.57. The molecular weight excluding hydrogens is 480 g/mol. The van der Waals surface area contributed by atoms with Gasteiger partial charge in [0.05, 0.1) is 35.6 Å². The number of rotatable bonds is 3. The van der Waals surface area contributed by atoms with Crippen LogP contribution in [0.25, 0.3) is 76.5 Å². The smallest absolute Gasteiger partial charge is 0.0616 e. The standard InChI is InChI=1S/C40H26/c1-2-14-29-26-30(25-24-27(29)12-1)32-17-5-6-18-33(32)39-35-19-7-9-21-37(35)40(38-22-10-8-20-36(38)39)34-23-11-15-28-13-3-4-16-31(28)34/h1-26H/i1D,2D,3D,4D,5D,6D,7D,8D,9D,10D,11D,12D,13D,14D,15D,16D,17D,18D,19D,20D,21D,22D,23D,24D,25D,26D. The highest BCUT2D eigenvalue weighted by Crippen LogP contribution is 2.47. The normalized spacial score (nSPS) is 20.6. The largest absolute Gasteiger partial charge is 0.0636 e. The number of benzene rings is 8. The zero-order valence-corrected chi connectivity index (χ0v) is 20.0. The van der Waals surface area contributed by atoms with E-state index in [4.69, 9.17) is 23.3 Å². The van der Waals surface area contributed by atoms with Gasteiger partial charge in [0.2, 0.25) is 0 Å². The van der Waals surface area contributed by atoms with Gasteiger partial charge in [0.1, 0.15) is 0 Å². The van der Waals surface area contributed by atoms with E-state index in [9.17, 15) is 12.3 Å². The minimum absolute atomic E-state index is 0.588. The Kier molecular flexibility index (Phi) is 1.99. The van der Waals surface area contributed by atoms with Crippen molar-refractivity contribution in [3.05, 3.63) is 157 Å². The molecule has 40 heavy (non-hydrogen) atoms. The van der Waals surface area contributed by atoms with Gasteiger partial charge in [0, 0.05) is 0 Å². The van der Waals surface area contributed by atoms with E-state index in [-0.39, 0.29) is 0 Å². The van der Waals surface area contributed by atoms with Gasteiger partial charge in [-0.05, 0) is 82.5 Å². The lowest BCUT2D eigenvalue weighted by Crippen LogP contribution is -1.93. The molecular formula is C40H26. The first kappa shape index (κ1) is 8.65. The topological polar surface area (TPSA) is 0 Å². The first-order valence-corrected chi connectivity index (χ1v) is 11.8. The van der Waals surface area contributed by atoms with Crippen LogP contribution < -0.4 is 0 Å². The molecule has 0 fully saturated rings. The average molecular weight is 533 g/mol. The van der Waals surface area contributed by atoms with Crippen LogP contribution in [0.5, 0.6) is 0 Å². The zero-order chi connectivity index (χ0) is 49.1. The Bertz CT molecular complexity index is 3560. The van der Waals surface area contributed by atoms with Gasteiger partial charge in [-0.2, -0.15) is 0 Å². The fourth-order valence-electron chi connectivity index (χ4n) is 4.72. The van der Waals surface area contributed by atoms with Crippen LogP contribution in [0.2, 0.25) is 0 Å². The average Bonchev–Trinajstić information content (AvgIpc) is 3.28. The molecule has 0 unspecified atom stereocenters. The fraction of sp³-hybridized carbons (Fsp3) is 0. The lowest BCUT2D eigenvalue weighted by molar-refractivity contribution is 1.62. The molecule has 0 aromatic heterocycles. The highest BCUT2D eigenvalue weighted by atomic mass is 14.2. The molecule has 0 spiro atoms. The third kappa shape index (κ3) is 3.54. The van der Waals surface area contributed by atoms with Crippen LogP contribution in [-0.4, -0.2) is 0 Å². The minimum Gasteiger partial charge on any atom is -0.0616 e. The Labute approximate surface area is 270 Å². The summed E-state index contributed by atoms with van der Waals surface area (Å²) in [4.78, 5) is 0. The van der Waals surface area contributed by atoms with Crippen molar-refractivity contribution in [1.82, 2.24) is 0 Å². The molecule has 0 radical (unpaired) electrons. The van der Waals surface area contributed by atoms with Crippen molar-refractivity contribution < 1.29 is 35.6 Å². The summed E-state index contributed by atoms with van der Waals surface area (Å²) >= 11 is 0. The van der Waals surface area contributed by atoms with Gasteiger partial charge in [-0.25, -0.2) is 0 Å². The van der Waals surface area contributed by atoms with E-state index in [0.717, 1.165) is 0 Å². The number of fused-ring (bicyclic) bond motifs is 4. The van der Waals surface area contributed by atoms with E-state index in [0.29, 0.717) is 0 Å². The summed E-state index contributed by atoms with van der Waals surface area (Å²) in [6, 6.07) is -24.8. The highest BCUT2D eigenvalue weighted by Gasteiger charge is 2.19. The van der Waals surface area contributed by atoms with Crippen molar-refractivity contribution in [3.63, 3.8) is 0 Å². The summed E-state index contributed by atoms with van der Waals surface area (Å²) in [6.07, 6.45) is 0. The van der Waals surface area contributed by atoms with Crippen LogP contribution in [0.4, 0.5) is 0 Å². The molecule has 0 aliphatic rings. The van der Waals surface area contributed by atoms with Crippen LogP contribution in [0.3, 0.4) is 0 Å². The van der Waals surface area contributed by atoms with Crippen LogP contribution >= 0.6 is 0 Å². The van der Waals surface area contributed by atoms with Crippen molar-refractivity contribution in [2.75, 3.05) is 0 Å². The molecule has 0 heteroatoms. The molecule has 0 saturated heterocycles. The van der Waals surface area contributed by atoms with Gasteiger partial charge >= 0.3 is 0 Å². The highest BCUT2D eigenvalue weighted by molar-refractivity contribution is 6.24. The molecule has 0 saturated carbocycles. The number of hydrogen-bond donors (Lipinski definition) is 0. The first-order valence-electron chi connectivity index (χ1n) is 24.8. The zero-order valence-electron chi connectivity index (χ0n) is 46.0. The summed E-state index contributed by atoms with van der Waals surface area (Å²) in [5.74, 6) is 0. The Morgan fingerprint density at radius 1 is 0.300 bits per heavy atom. The summed E-state index contributed by atoms with van der Waals surface area (Å²) in [6.45, 7) is 0. The molecule has 186 valence electrons. The second kappa shape index (κ2) is 9.22. The van der Waals surface area contributed by atoms with Crippen molar-refractivity contribution in [3.8, 4) is 33.4 Å². The molecule has 0 heterocycles. The van der Waals surface area contributed by atoms with E-state index in [1.165, 1.54) is 0 Å². The Morgan fingerprint density at radius 3 is 1.43 bits per heavy atom. The lowest BCUT2D eigenvalue weighted by Gasteiger charge is -2.20. The Morgan fingerprint density at radius 2 is 0.750 bits per heavy atom. The van der Waals surface area contributed by atoms with Crippen molar-refractivity contribution in [1.29, 1.82) is 0 Å². The van der Waals surface area contributed by atoms with Crippen LogP contribution in [0, 0.1) is 0 Å². The molecule has 0 atom stereocenters. The molecule has 0 aliphatic carbocycles. The van der Waals surface area contributed by atoms with E-state index in [1.54, 1.807) is 0 Å². The monoisotopic (exact) mass is 532 g/mol. The van der Waals surface area contributed by atoms with Gasteiger partial charge < -0.3 is 0 Å². The quantitative estimate of drug-likeness (QED) is 0.198. The van der Waals surface area contributed by atoms with Crippen molar-refractivity contribution >= 4 is 43.1 Å². The van der Waals surface area contributed by atoms with E-state index in [2.05, 4.69) is 0 Å². The first-order chi connectivity index (χ1) is 30.7. The summed E-state index contributed by atoms with van der Waals surface area (Å²) in [7, 11) is 0. The molecule has 8 aromatic carbocycles. The summed E-state index contributed by atoms with van der Waals surface area (Å²) < 4.78 is 232. The van der Waals surface area contributed by atoms with Gasteiger partial charge in [-0.3, -0.25) is 0 Å². The lowest BCUT2D eigenvalue weighted by atomic mass is 9.83. The molecule has 8 rings (SSSR count). The van der Waals surface area contributed by atoms with Gasteiger partial charge in [0.25, 0.3) is 0 Å². The molecule has 0 aliphatic heterocycles. The SMILES string of the molecule is [2H]c1c([2H])c([2H])c(-c2c3c([2H])c([2H])c([2H])c([2H])c3c(-c3c([2H])c([2H])c([2H])c4c([2H])c([2H])c([2H])c([2H])c34)c3c([2H])c([2H])c([2H])c([2H])c23)c(-c2c([2H])c([2H])c3c([2H])c([2H])c([2H])c([2H])c3c2[2H])c1[2H]. The van der Waals surface area contributed by atoms with E-state index < -0.39 is 234 Å². The fourth-order valence-corrected chi connectivity index (χ4v) is 4.72. The van der Waals surface area contributed by atoms with E-state index >= 15 is 0 Å². The predicted molar refractivity (Wildman–Crippen MR) is 173 cm³/mol. The minimum atomic E-state index is -1.07. The Balaban J connectivity index is 1.80. The third-order valence-electron chi connectivity index (χ3n) is 6.38. The molecule has 0 bridgehead atoms.